The molecule has 3 aromatic rings. The van der Waals surface area contributed by atoms with Crippen molar-refractivity contribution >= 4 is 40.7 Å². The molecule has 37 heavy (non-hydrogen) atoms. The van der Waals surface area contributed by atoms with E-state index in [0.717, 1.165) is 16.7 Å². The molecule has 0 saturated carbocycles. The Morgan fingerprint density at radius 2 is 1.68 bits per heavy atom. The van der Waals surface area contributed by atoms with E-state index in [1.807, 2.05) is 49.4 Å². The largest absolute Gasteiger partial charge is 0.486 e. The Morgan fingerprint density at radius 1 is 0.973 bits per heavy atom. The molecule has 0 spiro atoms. The van der Waals surface area contributed by atoms with E-state index >= 15 is 0 Å². The smallest absolute Gasteiger partial charge is 0.336 e. The van der Waals surface area contributed by atoms with E-state index in [-0.39, 0.29) is 12.4 Å². The van der Waals surface area contributed by atoms with Gasteiger partial charge in [-0.15, -0.1) is 0 Å². The summed E-state index contributed by atoms with van der Waals surface area (Å²) in [6.07, 6.45) is 0. The first-order valence-corrected chi connectivity index (χ1v) is 12.8. The highest BCUT2D eigenvalue weighted by Gasteiger charge is 2.43. The van der Waals surface area contributed by atoms with E-state index in [2.05, 4.69) is 5.32 Å². The van der Waals surface area contributed by atoms with Crippen LogP contribution in [-0.2, 0) is 16.1 Å². The molecule has 1 N–H and O–H groups in total. The molecule has 3 aromatic carbocycles. The SMILES string of the molecule is CCOC(=O)C1=C(C)NC2=C(C(=O)c3ccccc32)[C@H]1c1cc(Cl)c(OCc2cccc(C)c2)c(Cl)c1. The van der Waals surface area contributed by atoms with Crippen LogP contribution in [-0.4, -0.2) is 18.4 Å². The number of fused-ring (bicyclic) bond motifs is 2. The summed E-state index contributed by atoms with van der Waals surface area (Å²) in [6, 6.07) is 18.8. The summed E-state index contributed by atoms with van der Waals surface area (Å²) in [5.74, 6) is -1.02. The number of hydrogen-bond acceptors (Lipinski definition) is 5. The molecular weight excluding hydrogens is 509 g/mol. The van der Waals surface area contributed by atoms with Gasteiger partial charge in [-0.1, -0.05) is 77.3 Å². The third-order valence-electron chi connectivity index (χ3n) is 6.56. The highest BCUT2D eigenvalue weighted by atomic mass is 35.5. The highest BCUT2D eigenvalue weighted by molar-refractivity contribution is 6.37. The van der Waals surface area contributed by atoms with Crippen molar-refractivity contribution in [3.63, 3.8) is 0 Å². The van der Waals surface area contributed by atoms with Crippen LogP contribution in [0, 0.1) is 6.92 Å². The molecule has 1 atom stereocenters. The average molecular weight is 534 g/mol. The van der Waals surface area contributed by atoms with Crippen molar-refractivity contribution in [1.82, 2.24) is 5.32 Å². The van der Waals surface area contributed by atoms with E-state index in [1.54, 1.807) is 32.0 Å². The fourth-order valence-corrected chi connectivity index (χ4v) is 5.60. The number of aryl methyl sites for hydroxylation is 1. The number of dihydropyridines is 1. The summed E-state index contributed by atoms with van der Waals surface area (Å²) in [5, 5.41) is 3.87. The highest BCUT2D eigenvalue weighted by Crippen LogP contribution is 2.48. The maximum atomic E-state index is 13.6. The molecular formula is C30H25Cl2NO4. The van der Waals surface area contributed by atoms with Gasteiger partial charge in [0.15, 0.2) is 11.5 Å². The molecule has 5 nitrogen and oxygen atoms in total. The molecule has 0 unspecified atom stereocenters. The molecule has 0 saturated heterocycles. The Balaban J connectivity index is 1.58. The third kappa shape index (κ3) is 4.54. The van der Waals surface area contributed by atoms with Crippen LogP contribution in [0.3, 0.4) is 0 Å². The fourth-order valence-electron chi connectivity index (χ4n) is 4.98. The lowest BCUT2D eigenvalue weighted by Crippen LogP contribution is -2.29. The van der Waals surface area contributed by atoms with E-state index in [1.165, 1.54) is 0 Å². The number of halogens is 2. The lowest BCUT2D eigenvalue weighted by molar-refractivity contribution is -0.138. The maximum Gasteiger partial charge on any atom is 0.336 e. The third-order valence-corrected chi connectivity index (χ3v) is 7.13. The maximum absolute atomic E-state index is 13.6. The zero-order valence-corrected chi connectivity index (χ0v) is 22.2. The van der Waals surface area contributed by atoms with E-state index < -0.39 is 11.9 Å². The van der Waals surface area contributed by atoms with Gasteiger partial charge in [-0.3, -0.25) is 4.79 Å². The number of ether oxygens (including phenoxy) is 2. The Labute approximate surface area is 225 Å². The number of carbonyl (C=O) groups is 2. The summed E-state index contributed by atoms with van der Waals surface area (Å²) in [7, 11) is 0. The zero-order chi connectivity index (χ0) is 26.3. The molecule has 0 amide bonds. The first kappa shape index (κ1) is 25.1. The molecule has 0 bridgehead atoms. The minimum Gasteiger partial charge on any atom is -0.486 e. The van der Waals surface area contributed by atoms with Gasteiger partial charge in [0.2, 0.25) is 0 Å². The number of rotatable bonds is 6. The van der Waals surface area contributed by atoms with Crippen molar-refractivity contribution in [1.29, 1.82) is 0 Å². The molecule has 1 heterocycles. The van der Waals surface area contributed by atoms with Crippen molar-refractivity contribution in [2.24, 2.45) is 0 Å². The first-order chi connectivity index (χ1) is 17.8. The number of nitrogens with one attached hydrogen (secondary N) is 1. The summed E-state index contributed by atoms with van der Waals surface area (Å²) in [4.78, 5) is 26.7. The van der Waals surface area contributed by atoms with Crippen molar-refractivity contribution < 1.29 is 19.1 Å². The Hall–Kier alpha value is -3.54. The van der Waals surface area contributed by atoms with Gasteiger partial charge in [-0.05, 0) is 44.0 Å². The quantitative estimate of drug-likeness (QED) is 0.345. The number of benzene rings is 3. The minimum atomic E-state index is -0.712. The second kappa shape index (κ2) is 10.1. The number of allylic oxidation sites excluding steroid dienone is 2. The predicted molar refractivity (Wildman–Crippen MR) is 145 cm³/mol. The van der Waals surface area contributed by atoms with Gasteiger partial charge in [-0.25, -0.2) is 4.79 Å². The molecule has 1 aliphatic carbocycles. The van der Waals surface area contributed by atoms with Gasteiger partial charge in [0.05, 0.1) is 27.9 Å². The van der Waals surface area contributed by atoms with Crippen molar-refractivity contribution in [2.75, 3.05) is 6.61 Å². The van der Waals surface area contributed by atoms with Crippen molar-refractivity contribution in [2.45, 2.75) is 33.3 Å². The summed E-state index contributed by atoms with van der Waals surface area (Å²) in [5.41, 5.74) is 6.21. The summed E-state index contributed by atoms with van der Waals surface area (Å²) in [6.45, 7) is 6.06. The lowest BCUT2D eigenvalue weighted by atomic mass is 9.80. The second-order valence-electron chi connectivity index (χ2n) is 9.07. The van der Waals surface area contributed by atoms with E-state index in [9.17, 15) is 9.59 Å². The molecule has 0 aromatic heterocycles. The van der Waals surface area contributed by atoms with Gasteiger partial charge in [0.1, 0.15) is 6.61 Å². The van der Waals surface area contributed by atoms with Crippen LogP contribution in [0.1, 0.15) is 52.4 Å². The molecule has 1 aliphatic heterocycles. The molecule has 7 heteroatoms. The van der Waals surface area contributed by atoms with Gasteiger partial charge in [0.25, 0.3) is 0 Å². The Morgan fingerprint density at radius 3 is 2.35 bits per heavy atom. The van der Waals surface area contributed by atoms with Crippen LogP contribution < -0.4 is 10.1 Å². The molecule has 2 aliphatic rings. The number of hydrogen-bond donors (Lipinski definition) is 1. The van der Waals surface area contributed by atoms with Gasteiger partial charge in [0, 0.05) is 28.3 Å². The normalized spacial score (nSPS) is 16.4. The van der Waals surface area contributed by atoms with E-state index in [4.69, 9.17) is 32.7 Å². The monoisotopic (exact) mass is 533 g/mol. The van der Waals surface area contributed by atoms with Gasteiger partial charge < -0.3 is 14.8 Å². The van der Waals surface area contributed by atoms with Crippen LogP contribution in [0.25, 0.3) is 5.70 Å². The summed E-state index contributed by atoms with van der Waals surface area (Å²) >= 11 is 13.4. The fraction of sp³-hybridized carbons (Fsp3) is 0.200. The first-order valence-electron chi connectivity index (χ1n) is 12.0. The Bertz CT molecular complexity index is 1480. The van der Waals surface area contributed by atoms with Gasteiger partial charge in [-0.2, -0.15) is 0 Å². The second-order valence-corrected chi connectivity index (χ2v) is 9.89. The number of carbonyl (C=O) groups excluding carboxylic acids is 2. The lowest BCUT2D eigenvalue weighted by Gasteiger charge is -2.29. The predicted octanol–water partition coefficient (Wildman–Crippen LogP) is 7.01. The molecule has 0 radical (unpaired) electrons. The topological polar surface area (TPSA) is 64.6 Å². The van der Waals surface area contributed by atoms with Crippen LogP contribution >= 0.6 is 23.2 Å². The minimum absolute atomic E-state index is 0.149. The number of Topliss-reactive ketones (excluding diaryl/α,β-unsaturated/α-hetero) is 1. The van der Waals surface area contributed by atoms with Crippen molar-refractivity contribution in [3.05, 3.63) is 115 Å². The molecule has 0 fully saturated rings. The number of esters is 1. The van der Waals surface area contributed by atoms with Crippen LogP contribution in [0.2, 0.25) is 10.0 Å². The van der Waals surface area contributed by atoms with Crippen molar-refractivity contribution in [3.8, 4) is 5.75 Å². The van der Waals surface area contributed by atoms with Crippen LogP contribution in [0.4, 0.5) is 0 Å². The van der Waals surface area contributed by atoms with Crippen LogP contribution in [0.5, 0.6) is 5.75 Å². The average Bonchev–Trinajstić information content (AvgIpc) is 3.14. The van der Waals surface area contributed by atoms with Crippen LogP contribution in [0.15, 0.2) is 77.5 Å². The standard InChI is InChI=1S/C30H25Cl2NO4/c1-4-36-30(35)24-17(3)33-27-20-10-5-6-11-21(20)28(34)26(27)25(24)19-13-22(31)29(23(32)14-19)37-15-18-9-7-8-16(2)12-18/h5-14,25,33H,4,15H2,1-3H3/t25-/m0/s1. The molecule has 188 valence electrons. The Kier molecular flexibility index (Phi) is 6.84. The number of ketones is 1. The van der Waals surface area contributed by atoms with E-state index in [0.29, 0.717) is 56.1 Å². The molecule has 5 rings (SSSR count). The summed E-state index contributed by atoms with van der Waals surface area (Å²) < 4.78 is 11.4. The zero-order valence-electron chi connectivity index (χ0n) is 20.7. The van der Waals surface area contributed by atoms with Gasteiger partial charge >= 0.3 is 5.97 Å².